The van der Waals surface area contributed by atoms with E-state index in [9.17, 15) is 13.2 Å². The van der Waals surface area contributed by atoms with Gasteiger partial charge in [0.2, 0.25) is 0 Å². The van der Waals surface area contributed by atoms with Crippen LogP contribution in [0.25, 0.3) is 0 Å². The predicted molar refractivity (Wildman–Crippen MR) is 120 cm³/mol. The number of rotatable bonds is 6. The maximum absolute atomic E-state index is 12.9. The molecule has 0 aliphatic heterocycles. The van der Waals surface area contributed by atoms with Crippen LogP contribution < -0.4 is 9.62 Å². The minimum atomic E-state index is -3.72. The van der Waals surface area contributed by atoms with Crippen molar-refractivity contribution in [2.45, 2.75) is 31.7 Å². The van der Waals surface area contributed by atoms with E-state index in [1.54, 1.807) is 48.5 Å². The van der Waals surface area contributed by atoms with Gasteiger partial charge in [0.05, 0.1) is 16.6 Å². The van der Waals surface area contributed by atoms with Crippen LogP contribution in [0.15, 0.2) is 77.7 Å². The van der Waals surface area contributed by atoms with E-state index in [0.29, 0.717) is 11.3 Å². The monoisotopic (exact) mass is 422 g/mol. The van der Waals surface area contributed by atoms with E-state index in [0.717, 1.165) is 16.7 Å². The van der Waals surface area contributed by atoms with Crippen molar-refractivity contribution < 1.29 is 13.2 Å². The van der Waals surface area contributed by atoms with Crippen molar-refractivity contribution in [3.63, 3.8) is 0 Å². The van der Waals surface area contributed by atoms with E-state index in [2.05, 4.69) is 5.32 Å². The normalized spacial score (nSPS) is 12.3. The van der Waals surface area contributed by atoms with Crippen LogP contribution in [-0.2, 0) is 10.0 Å². The molecule has 5 nitrogen and oxygen atoms in total. The van der Waals surface area contributed by atoms with Crippen molar-refractivity contribution in [1.29, 1.82) is 0 Å². The van der Waals surface area contributed by atoms with Crippen molar-refractivity contribution in [1.82, 2.24) is 5.32 Å². The van der Waals surface area contributed by atoms with Gasteiger partial charge in [0.1, 0.15) is 0 Å². The third-order valence-corrected chi connectivity index (χ3v) is 6.88. The molecule has 1 atom stereocenters. The average Bonchev–Trinajstić information content (AvgIpc) is 2.74. The molecule has 0 bridgehead atoms. The van der Waals surface area contributed by atoms with Crippen LogP contribution in [0.2, 0.25) is 0 Å². The van der Waals surface area contributed by atoms with Gasteiger partial charge in [-0.05, 0) is 56.7 Å². The molecule has 3 aromatic rings. The summed E-state index contributed by atoms with van der Waals surface area (Å²) in [6.07, 6.45) is 0. The number of hydrogen-bond acceptors (Lipinski definition) is 3. The van der Waals surface area contributed by atoms with Gasteiger partial charge in [-0.15, -0.1) is 0 Å². The third-order valence-electron chi connectivity index (χ3n) is 5.08. The quantitative estimate of drug-likeness (QED) is 0.630. The fraction of sp³-hybridized carbons (Fsp3) is 0.208. The Morgan fingerprint density at radius 2 is 1.47 bits per heavy atom. The van der Waals surface area contributed by atoms with Crippen molar-refractivity contribution >= 4 is 21.6 Å². The molecule has 0 spiro atoms. The Labute approximate surface area is 178 Å². The van der Waals surface area contributed by atoms with Crippen molar-refractivity contribution in [3.05, 3.63) is 95.1 Å². The van der Waals surface area contributed by atoms with Gasteiger partial charge in [-0.25, -0.2) is 8.42 Å². The molecule has 1 amide bonds. The highest BCUT2D eigenvalue weighted by atomic mass is 32.2. The van der Waals surface area contributed by atoms with Crippen molar-refractivity contribution in [2.24, 2.45) is 0 Å². The lowest BCUT2D eigenvalue weighted by atomic mass is 10.1. The Morgan fingerprint density at radius 1 is 0.900 bits per heavy atom. The number of benzene rings is 3. The molecule has 156 valence electrons. The summed E-state index contributed by atoms with van der Waals surface area (Å²) in [6, 6.07) is 21.1. The lowest BCUT2D eigenvalue weighted by molar-refractivity contribution is 0.0940. The predicted octanol–water partition coefficient (Wildman–Crippen LogP) is 4.62. The molecular weight excluding hydrogens is 396 g/mol. The lowest BCUT2D eigenvalue weighted by Gasteiger charge is -2.21. The molecule has 3 rings (SSSR count). The molecule has 0 aliphatic rings. The number of nitrogens with zero attached hydrogens (tertiary/aromatic N) is 1. The van der Waals surface area contributed by atoms with Crippen LogP contribution in [0, 0.1) is 13.8 Å². The maximum Gasteiger partial charge on any atom is 0.264 e. The second-order valence-electron chi connectivity index (χ2n) is 7.44. The van der Waals surface area contributed by atoms with Gasteiger partial charge in [-0.2, -0.15) is 0 Å². The second kappa shape index (κ2) is 8.71. The van der Waals surface area contributed by atoms with Crippen LogP contribution in [0.1, 0.15) is 40.0 Å². The molecule has 0 saturated carbocycles. The number of hydrogen-bond donors (Lipinski definition) is 1. The largest absolute Gasteiger partial charge is 0.346 e. The van der Waals surface area contributed by atoms with Crippen LogP contribution in [-0.4, -0.2) is 21.4 Å². The summed E-state index contributed by atoms with van der Waals surface area (Å²) in [5, 5.41) is 2.97. The molecule has 0 saturated heterocycles. The molecular formula is C24H26N2O3S. The SMILES string of the molecule is Cc1ccc([C@H](C)NC(=O)c2cccc(N(C)S(=O)(=O)c3ccc(C)cc3)c2)cc1. The number of nitrogens with one attached hydrogen (secondary N) is 1. The first-order valence-corrected chi connectivity index (χ1v) is 11.2. The Balaban J connectivity index is 1.80. The zero-order chi connectivity index (χ0) is 21.9. The summed E-state index contributed by atoms with van der Waals surface area (Å²) in [4.78, 5) is 13.0. The van der Waals surface area contributed by atoms with Gasteiger partial charge in [0, 0.05) is 12.6 Å². The van der Waals surface area contributed by atoms with E-state index in [4.69, 9.17) is 0 Å². The summed E-state index contributed by atoms with van der Waals surface area (Å²) >= 11 is 0. The van der Waals surface area contributed by atoms with E-state index >= 15 is 0 Å². The van der Waals surface area contributed by atoms with Crippen LogP contribution in [0.3, 0.4) is 0 Å². The van der Waals surface area contributed by atoms with Crippen LogP contribution in [0.5, 0.6) is 0 Å². The summed E-state index contributed by atoms with van der Waals surface area (Å²) in [5.41, 5.74) is 3.97. The number of carbonyl (C=O) groups excluding carboxylic acids is 1. The lowest BCUT2D eigenvalue weighted by Crippen LogP contribution is -2.28. The molecule has 0 aromatic heterocycles. The third kappa shape index (κ3) is 4.71. The van der Waals surface area contributed by atoms with E-state index < -0.39 is 10.0 Å². The minimum absolute atomic E-state index is 0.171. The fourth-order valence-corrected chi connectivity index (χ4v) is 4.26. The number of sulfonamides is 1. The summed E-state index contributed by atoms with van der Waals surface area (Å²) < 4.78 is 27.1. The van der Waals surface area contributed by atoms with Gasteiger partial charge < -0.3 is 5.32 Å². The van der Waals surface area contributed by atoms with Gasteiger partial charge in [0.25, 0.3) is 15.9 Å². The summed E-state index contributed by atoms with van der Waals surface area (Å²) in [6.45, 7) is 5.83. The molecule has 0 unspecified atom stereocenters. The maximum atomic E-state index is 12.9. The molecule has 0 aliphatic carbocycles. The minimum Gasteiger partial charge on any atom is -0.346 e. The zero-order valence-electron chi connectivity index (χ0n) is 17.6. The van der Waals surface area contributed by atoms with E-state index in [-0.39, 0.29) is 16.8 Å². The Hall–Kier alpha value is -3.12. The standard InChI is InChI=1S/C24H26N2O3S/c1-17-8-12-20(13-9-17)19(3)25-24(27)21-6-5-7-22(16-21)26(4)30(28,29)23-14-10-18(2)11-15-23/h5-16,19H,1-4H3,(H,25,27)/t19-/m0/s1. The highest BCUT2D eigenvalue weighted by molar-refractivity contribution is 7.92. The van der Waals surface area contributed by atoms with Crippen molar-refractivity contribution in [2.75, 3.05) is 11.4 Å². The van der Waals surface area contributed by atoms with Gasteiger partial charge in [-0.3, -0.25) is 9.10 Å². The van der Waals surface area contributed by atoms with E-state index in [1.807, 2.05) is 45.0 Å². The first-order chi connectivity index (χ1) is 14.2. The highest BCUT2D eigenvalue weighted by Gasteiger charge is 2.22. The van der Waals surface area contributed by atoms with Gasteiger partial charge >= 0.3 is 0 Å². The molecule has 0 radical (unpaired) electrons. The average molecular weight is 423 g/mol. The number of amides is 1. The number of anilines is 1. The topological polar surface area (TPSA) is 66.5 Å². The highest BCUT2D eigenvalue weighted by Crippen LogP contribution is 2.23. The molecule has 6 heteroatoms. The first kappa shape index (κ1) is 21.6. The molecule has 3 aromatic carbocycles. The summed E-state index contributed by atoms with van der Waals surface area (Å²) in [5.74, 6) is -0.258. The summed E-state index contributed by atoms with van der Waals surface area (Å²) in [7, 11) is -2.23. The zero-order valence-corrected chi connectivity index (χ0v) is 18.4. The van der Waals surface area contributed by atoms with Crippen LogP contribution >= 0.6 is 0 Å². The smallest absolute Gasteiger partial charge is 0.264 e. The van der Waals surface area contributed by atoms with Gasteiger partial charge in [-0.1, -0.05) is 53.6 Å². The van der Waals surface area contributed by atoms with E-state index in [1.165, 1.54) is 11.4 Å². The molecule has 30 heavy (non-hydrogen) atoms. The molecule has 0 fully saturated rings. The number of carbonyl (C=O) groups is 1. The fourth-order valence-electron chi connectivity index (χ4n) is 3.07. The number of aryl methyl sites for hydroxylation is 2. The Kier molecular flexibility index (Phi) is 6.27. The van der Waals surface area contributed by atoms with Crippen molar-refractivity contribution in [3.8, 4) is 0 Å². The second-order valence-corrected chi connectivity index (χ2v) is 9.41. The Morgan fingerprint density at radius 3 is 2.07 bits per heavy atom. The molecule has 0 heterocycles. The van der Waals surface area contributed by atoms with Gasteiger partial charge in [0.15, 0.2) is 0 Å². The Bertz CT molecular complexity index is 1140. The molecule has 1 N–H and O–H groups in total. The first-order valence-electron chi connectivity index (χ1n) is 9.71. The van der Waals surface area contributed by atoms with Crippen LogP contribution in [0.4, 0.5) is 5.69 Å².